The number of rotatable bonds is 4. The molecule has 2 saturated heterocycles. The second-order valence-corrected chi connectivity index (χ2v) is 6.78. The van der Waals surface area contributed by atoms with Gasteiger partial charge in [0.15, 0.2) is 5.69 Å². The zero-order valence-corrected chi connectivity index (χ0v) is 16.0. The number of cyclic esters (lactones) is 1. The van der Waals surface area contributed by atoms with Gasteiger partial charge in [-0.05, 0) is 0 Å². The van der Waals surface area contributed by atoms with Crippen molar-refractivity contribution >= 4 is 23.8 Å². The quantitative estimate of drug-likeness (QED) is 0.696. The van der Waals surface area contributed by atoms with Crippen LogP contribution >= 0.6 is 0 Å². The van der Waals surface area contributed by atoms with Gasteiger partial charge in [0, 0.05) is 30.9 Å². The normalized spacial score (nSPS) is 19.6. The van der Waals surface area contributed by atoms with Gasteiger partial charge in [-0.15, -0.1) is 0 Å². The van der Waals surface area contributed by atoms with Crippen LogP contribution in [0, 0.1) is 0 Å². The van der Waals surface area contributed by atoms with E-state index in [0.717, 1.165) is 11.1 Å². The van der Waals surface area contributed by atoms with Gasteiger partial charge in [0.2, 0.25) is 11.9 Å². The SMILES string of the molecule is Nc1ncc(-c2cc(N3CCOCC3)nc(N3C(=O)OC[C@H]3CO)n2)c(C(F)(F)F)n1. The number of nitrogens with zero attached hydrogens (tertiary/aromatic N) is 6. The number of ether oxygens (including phenoxy) is 2. The summed E-state index contributed by atoms with van der Waals surface area (Å²) in [6, 6.07) is 0.582. The average Bonchev–Trinajstić information content (AvgIpc) is 3.14. The highest BCUT2D eigenvalue weighted by Gasteiger charge is 2.39. The van der Waals surface area contributed by atoms with E-state index in [-0.39, 0.29) is 24.1 Å². The first kappa shape index (κ1) is 21.0. The van der Waals surface area contributed by atoms with Crippen LogP contribution in [0.2, 0.25) is 0 Å². The molecule has 31 heavy (non-hydrogen) atoms. The lowest BCUT2D eigenvalue weighted by Gasteiger charge is -2.29. The molecule has 0 unspecified atom stereocenters. The van der Waals surface area contributed by atoms with Gasteiger partial charge >= 0.3 is 12.3 Å². The van der Waals surface area contributed by atoms with Crippen LogP contribution < -0.4 is 15.5 Å². The van der Waals surface area contributed by atoms with E-state index >= 15 is 0 Å². The van der Waals surface area contributed by atoms with Crippen molar-refractivity contribution in [3.63, 3.8) is 0 Å². The number of hydrogen-bond acceptors (Lipinski definition) is 10. The van der Waals surface area contributed by atoms with Crippen molar-refractivity contribution in [3.05, 3.63) is 18.0 Å². The lowest BCUT2D eigenvalue weighted by Crippen LogP contribution is -2.39. The maximum absolute atomic E-state index is 13.6. The van der Waals surface area contributed by atoms with Crippen LogP contribution in [-0.2, 0) is 15.7 Å². The van der Waals surface area contributed by atoms with E-state index in [9.17, 15) is 23.1 Å². The largest absolute Gasteiger partial charge is 0.447 e. The summed E-state index contributed by atoms with van der Waals surface area (Å²) in [5, 5.41) is 9.56. The topological polar surface area (TPSA) is 140 Å². The van der Waals surface area contributed by atoms with Gasteiger partial charge in [-0.25, -0.2) is 24.6 Å². The molecule has 2 aliphatic rings. The Morgan fingerprint density at radius 2 is 1.97 bits per heavy atom. The Morgan fingerprint density at radius 3 is 2.65 bits per heavy atom. The first-order chi connectivity index (χ1) is 14.8. The van der Waals surface area contributed by atoms with E-state index < -0.39 is 42.1 Å². The second kappa shape index (κ2) is 8.11. The summed E-state index contributed by atoms with van der Waals surface area (Å²) in [4.78, 5) is 30.5. The molecule has 2 aromatic rings. The molecule has 4 heterocycles. The highest BCUT2D eigenvalue weighted by atomic mass is 19.4. The molecule has 166 valence electrons. The second-order valence-electron chi connectivity index (χ2n) is 6.78. The number of nitrogen functional groups attached to an aromatic ring is 1. The number of anilines is 3. The number of nitrogens with two attached hydrogens (primary N) is 1. The molecule has 14 heteroatoms. The molecule has 3 N–H and O–H groups in total. The maximum Gasteiger partial charge on any atom is 0.434 e. The molecule has 0 saturated carbocycles. The monoisotopic (exact) mass is 441 g/mol. The lowest BCUT2D eigenvalue weighted by molar-refractivity contribution is -0.140. The number of aromatic nitrogens is 4. The van der Waals surface area contributed by atoms with Gasteiger partial charge in [0.05, 0.1) is 25.5 Å². The Kier molecular flexibility index (Phi) is 5.49. The molecular formula is C17H18F3N7O4. The fourth-order valence-electron chi connectivity index (χ4n) is 3.26. The van der Waals surface area contributed by atoms with Crippen LogP contribution in [0.15, 0.2) is 12.3 Å². The van der Waals surface area contributed by atoms with E-state index in [1.807, 2.05) is 0 Å². The standard InChI is InChI=1S/C17H18F3N7O4/c18-17(19,20)13-10(6-22-14(21)25-13)11-5-12(26-1-3-30-4-2-26)24-15(23-11)27-9(7-28)8-31-16(27)29/h5-6,9,28H,1-4,7-8H2,(H2,21,22,25)/t9-/m1/s1. The molecule has 2 aromatic heterocycles. The molecule has 2 fully saturated rings. The molecular weight excluding hydrogens is 423 g/mol. The first-order valence-corrected chi connectivity index (χ1v) is 9.26. The molecule has 1 amide bonds. The van der Waals surface area contributed by atoms with Crippen molar-refractivity contribution < 1.29 is 32.5 Å². The van der Waals surface area contributed by atoms with Crippen LogP contribution in [0.1, 0.15) is 5.69 Å². The molecule has 0 aromatic carbocycles. The minimum absolute atomic E-state index is 0.103. The number of carbonyl (C=O) groups is 1. The summed E-state index contributed by atoms with van der Waals surface area (Å²) in [6.45, 7) is 1.14. The number of halogens is 3. The summed E-state index contributed by atoms with van der Waals surface area (Å²) < 4.78 is 51.1. The Hall–Kier alpha value is -3.26. The van der Waals surface area contributed by atoms with Crippen LogP contribution in [0.3, 0.4) is 0 Å². The molecule has 0 spiro atoms. The summed E-state index contributed by atoms with van der Waals surface area (Å²) in [6.07, 6.45) is -4.71. The minimum atomic E-state index is -4.82. The van der Waals surface area contributed by atoms with Crippen molar-refractivity contribution in [1.29, 1.82) is 0 Å². The van der Waals surface area contributed by atoms with Gasteiger partial charge in [-0.2, -0.15) is 18.2 Å². The summed E-state index contributed by atoms with van der Waals surface area (Å²) in [5.41, 5.74) is 3.51. The summed E-state index contributed by atoms with van der Waals surface area (Å²) in [7, 11) is 0. The average molecular weight is 441 g/mol. The predicted octanol–water partition coefficient (Wildman–Crippen LogP) is 0.689. The number of morpholine rings is 1. The van der Waals surface area contributed by atoms with Crippen molar-refractivity contribution in [2.45, 2.75) is 12.2 Å². The zero-order chi connectivity index (χ0) is 22.2. The number of aliphatic hydroxyl groups excluding tert-OH is 1. The van der Waals surface area contributed by atoms with Gasteiger partial charge in [-0.3, -0.25) is 0 Å². The highest BCUT2D eigenvalue weighted by molar-refractivity contribution is 5.88. The predicted molar refractivity (Wildman–Crippen MR) is 100 cm³/mol. The van der Waals surface area contributed by atoms with Crippen LogP contribution in [0.5, 0.6) is 0 Å². The molecule has 11 nitrogen and oxygen atoms in total. The van der Waals surface area contributed by atoms with Crippen LogP contribution in [0.4, 0.5) is 35.7 Å². The van der Waals surface area contributed by atoms with Gasteiger partial charge in [0.1, 0.15) is 18.5 Å². The molecule has 1 atom stereocenters. The van der Waals surface area contributed by atoms with Crippen molar-refractivity contribution in [2.24, 2.45) is 0 Å². The molecule has 2 aliphatic heterocycles. The van der Waals surface area contributed by atoms with E-state index in [1.165, 1.54) is 6.07 Å². The van der Waals surface area contributed by atoms with E-state index in [0.29, 0.717) is 26.3 Å². The number of alkyl halides is 3. The molecule has 0 radical (unpaired) electrons. The zero-order valence-electron chi connectivity index (χ0n) is 16.0. The smallest absolute Gasteiger partial charge is 0.434 e. The van der Waals surface area contributed by atoms with E-state index in [4.69, 9.17) is 15.2 Å². The fraction of sp³-hybridized carbons (Fsp3) is 0.471. The Balaban J connectivity index is 1.88. The van der Waals surface area contributed by atoms with Crippen LogP contribution in [-0.4, -0.2) is 76.7 Å². The Bertz CT molecular complexity index is 985. The Labute approximate surface area is 173 Å². The first-order valence-electron chi connectivity index (χ1n) is 9.26. The molecule has 0 aliphatic carbocycles. The number of carbonyl (C=O) groups excluding carboxylic acids is 1. The maximum atomic E-state index is 13.6. The number of hydrogen-bond donors (Lipinski definition) is 2. The number of aliphatic hydroxyl groups is 1. The van der Waals surface area contributed by atoms with Crippen molar-refractivity contribution in [1.82, 2.24) is 19.9 Å². The molecule has 4 rings (SSSR count). The lowest BCUT2D eigenvalue weighted by atomic mass is 10.1. The third-order valence-corrected chi connectivity index (χ3v) is 4.78. The minimum Gasteiger partial charge on any atom is -0.447 e. The van der Waals surface area contributed by atoms with Crippen molar-refractivity contribution in [3.8, 4) is 11.3 Å². The van der Waals surface area contributed by atoms with E-state index in [1.54, 1.807) is 4.90 Å². The molecule has 0 bridgehead atoms. The van der Waals surface area contributed by atoms with E-state index in [2.05, 4.69) is 19.9 Å². The van der Waals surface area contributed by atoms with Crippen LogP contribution in [0.25, 0.3) is 11.3 Å². The Morgan fingerprint density at radius 1 is 1.23 bits per heavy atom. The van der Waals surface area contributed by atoms with Gasteiger partial charge in [-0.1, -0.05) is 0 Å². The van der Waals surface area contributed by atoms with Crippen molar-refractivity contribution in [2.75, 3.05) is 55.1 Å². The summed E-state index contributed by atoms with van der Waals surface area (Å²) >= 11 is 0. The summed E-state index contributed by atoms with van der Waals surface area (Å²) in [5.74, 6) is -0.461. The van der Waals surface area contributed by atoms with Gasteiger partial charge in [0.25, 0.3) is 0 Å². The van der Waals surface area contributed by atoms with Gasteiger partial charge < -0.3 is 25.2 Å². The fourth-order valence-corrected chi connectivity index (χ4v) is 3.26. The number of amides is 1. The highest BCUT2D eigenvalue weighted by Crippen LogP contribution is 2.37. The third-order valence-electron chi connectivity index (χ3n) is 4.78. The third kappa shape index (κ3) is 4.16.